The number of ether oxygens (including phenoxy) is 1. The molecule has 1 saturated heterocycles. The average molecular weight is 266 g/mol. The summed E-state index contributed by atoms with van der Waals surface area (Å²) in [6, 6.07) is 0.454. The van der Waals surface area contributed by atoms with Gasteiger partial charge in [0.2, 0.25) is 5.75 Å². The Hall–Kier alpha value is -1.56. The molecule has 0 saturated carbocycles. The summed E-state index contributed by atoms with van der Waals surface area (Å²) in [6.07, 6.45) is 3.74. The summed E-state index contributed by atoms with van der Waals surface area (Å²) in [5.41, 5.74) is -0.226. The lowest BCUT2D eigenvalue weighted by Gasteiger charge is -2.36. The number of hydrogen-bond acceptors (Lipinski definition) is 5. The summed E-state index contributed by atoms with van der Waals surface area (Å²) in [4.78, 5) is 20.7. The van der Waals surface area contributed by atoms with Crippen LogP contribution in [-0.4, -0.2) is 43.3 Å². The van der Waals surface area contributed by atoms with Gasteiger partial charge in [-0.2, -0.15) is 0 Å². The molecular weight excluding hydrogens is 244 g/mol. The number of nitrogens with zero attached hydrogens (tertiary/aromatic N) is 2. The van der Waals surface area contributed by atoms with Crippen molar-refractivity contribution in [3.8, 4) is 5.75 Å². The fourth-order valence-electron chi connectivity index (χ4n) is 2.63. The zero-order chi connectivity index (χ0) is 13.8. The number of rotatable bonds is 4. The van der Waals surface area contributed by atoms with Crippen LogP contribution in [0.15, 0.2) is 11.1 Å². The van der Waals surface area contributed by atoms with Crippen molar-refractivity contribution in [1.29, 1.82) is 0 Å². The van der Waals surface area contributed by atoms with Gasteiger partial charge in [-0.05, 0) is 32.7 Å². The van der Waals surface area contributed by atoms with Gasteiger partial charge in [0, 0.05) is 19.1 Å². The summed E-state index contributed by atoms with van der Waals surface area (Å²) in [6.45, 7) is 4.01. The number of aromatic nitrogens is 2. The van der Waals surface area contributed by atoms with Gasteiger partial charge in [0.15, 0.2) is 5.82 Å². The second kappa shape index (κ2) is 6.06. The van der Waals surface area contributed by atoms with Crippen molar-refractivity contribution in [2.75, 3.05) is 32.1 Å². The minimum Gasteiger partial charge on any atom is -0.489 e. The Kier molecular flexibility index (Phi) is 4.42. The fourth-order valence-corrected chi connectivity index (χ4v) is 2.63. The summed E-state index contributed by atoms with van der Waals surface area (Å²) in [5.74, 6) is 1.52. The van der Waals surface area contributed by atoms with Crippen LogP contribution in [0.4, 0.5) is 5.82 Å². The summed E-state index contributed by atoms with van der Waals surface area (Å²) in [5, 5.41) is 3.30. The standard InChI is InChI=1S/C13H22N4O2/c1-9(14-2)10-5-4-6-17(7-10)12-11(19-3)13(18)16-8-15-12/h8-10,14H,4-7H2,1-3H3,(H,15,16,18). The van der Waals surface area contributed by atoms with E-state index < -0.39 is 0 Å². The molecule has 1 aromatic heterocycles. The molecule has 0 amide bonds. The van der Waals surface area contributed by atoms with E-state index >= 15 is 0 Å². The molecule has 2 heterocycles. The third kappa shape index (κ3) is 2.89. The van der Waals surface area contributed by atoms with Gasteiger partial charge in [0.25, 0.3) is 5.56 Å². The lowest BCUT2D eigenvalue weighted by Crippen LogP contribution is -2.44. The number of nitrogens with one attached hydrogen (secondary N) is 2. The maximum absolute atomic E-state index is 11.7. The van der Waals surface area contributed by atoms with Crippen molar-refractivity contribution in [2.45, 2.75) is 25.8 Å². The van der Waals surface area contributed by atoms with Gasteiger partial charge in [-0.25, -0.2) is 4.98 Å². The van der Waals surface area contributed by atoms with Gasteiger partial charge >= 0.3 is 0 Å². The second-order valence-electron chi connectivity index (χ2n) is 5.01. The van der Waals surface area contributed by atoms with E-state index in [-0.39, 0.29) is 5.56 Å². The number of hydrogen-bond donors (Lipinski definition) is 2. The molecule has 1 aromatic rings. The molecule has 0 spiro atoms. The van der Waals surface area contributed by atoms with Crippen LogP contribution >= 0.6 is 0 Å². The lowest BCUT2D eigenvalue weighted by atomic mass is 9.91. The third-order valence-corrected chi connectivity index (χ3v) is 3.92. The van der Waals surface area contributed by atoms with Gasteiger partial charge in [0.1, 0.15) is 0 Å². The van der Waals surface area contributed by atoms with Crippen molar-refractivity contribution in [3.05, 3.63) is 16.7 Å². The van der Waals surface area contributed by atoms with Crippen molar-refractivity contribution < 1.29 is 4.74 Å². The molecule has 106 valence electrons. The number of aromatic amines is 1. The van der Waals surface area contributed by atoms with E-state index in [4.69, 9.17) is 4.74 Å². The van der Waals surface area contributed by atoms with Gasteiger partial charge in [0.05, 0.1) is 13.4 Å². The normalized spacial score (nSPS) is 21.2. The highest BCUT2D eigenvalue weighted by molar-refractivity contribution is 5.51. The van der Waals surface area contributed by atoms with E-state index in [0.29, 0.717) is 23.5 Å². The summed E-state index contributed by atoms with van der Waals surface area (Å²) in [7, 11) is 3.49. The Morgan fingerprint density at radius 2 is 2.42 bits per heavy atom. The van der Waals surface area contributed by atoms with E-state index in [1.54, 1.807) is 0 Å². The predicted octanol–water partition coefficient (Wildman–Crippen LogP) is 0.603. The minimum absolute atomic E-state index is 0.226. The predicted molar refractivity (Wildman–Crippen MR) is 74.9 cm³/mol. The van der Waals surface area contributed by atoms with Crippen LogP contribution < -0.4 is 20.5 Å². The average Bonchev–Trinajstić information content (AvgIpc) is 2.46. The van der Waals surface area contributed by atoms with E-state index in [1.165, 1.54) is 19.9 Å². The zero-order valence-electron chi connectivity index (χ0n) is 11.8. The van der Waals surface area contributed by atoms with E-state index in [0.717, 1.165) is 19.5 Å². The fraction of sp³-hybridized carbons (Fsp3) is 0.692. The molecule has 6 nitrogen and oxygen atoms in total. The molecule has 1 fully saturated rings. The quantitative estimate of drug-likeness (QED) is 0.835. The molecule has 2 N–H and O–H groups in total. The van der Waals surface area contributed by atoms with Crippen molar-refractivity contribution >= 4 is 5.82 Å². The molecule has 0 aromatic carbocycles. The molecule has 0 aliphatic carbocycles. The Bertz CT molecular complexity index is 474. The molecule has 2 unspecified atom stereocenters. The number of methoxy groups -OCH3 is 1. The van der Waals surface area contributed by atoms with Crippen molar-refractivity contribution in [2.24, 2.45) is 5.92 Å². The first kappa shape index (κ1) is 13.9. The smallest absolute Gasteiger partial charge is 0.295 e. The SMILES string of the molecule is CNC(C)C1CCCN(c2nc[nH]c(=O)c2OC)C1. The summed E-state index contributed by atoms with van der Waals surface area (Å²) >= 11 is 0. The van der Waals surface area contributed by atoms with Gasteiger partial charge in [-0.15, -0.1) is 0 Å². The zero-order valence-corrected chi connectivity index (χ0v) is 11.8. The van der Waals surface area contributed by atoms with Gasteiger partial charge < -0.3 is 19.9 Å². The molecule has 19 heavy (non-hydrogen) atoms. The monoisotopic (exact) mass is 266 g/mol. The van der Waals surface area contributed by atoms with E-state index in [1.807, 2.05) is 7.05 Å². The molecule has 2 atom stereocenters. The van der Waals surface area contributed by atoms with Crippen LogP contribution in [0, 0.1) is 5.92 Å². The molecule has 1 aliphatic heterocycles. The first-order chi connectivity index (χ1) is 9.17. The highest BCUT2D eigenvalue weighted by Gasteiger charge is 2.26. The number of anilines is 1. The Morgan fingerprint density at radius 1 is 1.63 bits per heavy atom. The topological polar surface area (TPSA) is 70.2 Å². The second-order valence-corrected chi connectivity index (χ2v) is 5.01. The maximum Gasteiger partial charge on any atom is 0.295 e. The Labute approximate surface area is 113 Å². The van der Waals surface area contributed by atoms with Crippen molar-refractivity contribution in [3.63, 3.8) is 0 Å². The largest absolute Gasteiger partial charge is 0.489 e. The first-order valence-corrected chi connectivity index (χ1v) is 6.71. The molecule has 0 radical (unpaired) electrons. The van der Waals surface area contributed by atoms with Crippen LogP contribution in [0.2, 0.25) is 0 Å². The van der Waals surface area contributed by atoms with E-state index in [9.17, 15) is 4.79 Å². The molecule has 1 aliphatic rings. The minimum atomic E-state index is -0.226. The summed E-state index contributed by atoms with van der Waals surface area (Å²) < 4.78 is 5.19. The van der Waals surface area contributed by atoms with Gasteiger partial charge in [-0.3, -0.25) is 4.79 Å². The lowest BCUT2D eigenvalue weighted by molar-refractivity contribution is 0.328. The maximum atomic E-state index is 11.7. The Morgan fingerprint density at radius 3 is 3.11 bits per heavy atom. The van der Waals surface area contributed by atoms with Crippen LogP contribution in [0.3, 0.4) is 0 Å². The molecule has 0 bridgehead atoms. The van der Waals surface area contributed by atoms with Crippen LogP contribution in [0.5, 0.6) is 5.75 Å². The highest BCUT2D eigenvalue weighted by atomic mass is 16.5. The van der Waals surface area contributed by atoms with Crippen molar-refractivity contribution in [1.82, 2.24) is 15.3 Å². The first-order valence-electron chi connectivity index (χ1n) is 6.71. The molecular formula is C13H22N4O2. The third-order valence-electron chi connectivity index (χ3n) is 3.92. The number of H-pyrrole nitrogens is 1. The van der Waals surface area contributed by atoms with Gasteiger partial charge in [-0.1, -0.05) is 0 Å². The van der Waals surface area contributed by atoms with E-state index in [2.05, 4.69) is 27.1 Å². The molecule has 6 heteroatoms. The van der Waals surface area contributed by atoms with Crippen LogP contribution in [0.25, 0.3) is 0 Å². The van der Waals surface area contributed by atoms with Crippen LogP contribution in [-0.2, 0) is 0 Å². The molecule has 2 rings (SSSR count). The number of piperidine rings is 1. The Balaban J connectivity index is 2.22. The highest BCUT2D eigenvalue weighted by Crippen LogP contribution is 2.27. The van der Waals surface area contributed by atoms with Crippen LogP contribution in [0.1, 0.15) is 19.8 Å².